The monoisotopic (exact) mass is 292 g/mol. The fourth-order valence-corrected chi connectivity index (χ4v) is 2.47. The molecule has 2 aromatic carbocycles. The molecule has 0 bridgehead atoms. The molecule has 2 aromatic rings. The second-order valence-electron chi connectivity index (χ2n) is 3.98. The maximum absolute atomic E-state index is 9.59. The number of phenolic OH excluding ortho intramolecular Hbond substituents is 1. The summed E-state index contributed by atoms with van der Waals surface area (Å²) in [5.41, 5.74) is 1.88. The Morgan fingerprint density at radius 2 is 1.58 bits per heavy atom. The molecule has 2 N–H and O–H groups in total. The summed E-state index contributed by atoms with van der Waals surface area (Å²) in [6, 6.07) is 9.68. The standard InChI is InChI=1S/C15H10Cl2O2/c1-2-14(19)10-7-12(16)15(13(17)8-10)9-3-5-11(18)6-4-9/h1,3-8,14,18-19H. The van der Waals surface area contributed by atoms with Crippen molar-refractivity contribution in [1.29, 1.82) is 0 Å². The Hall–Kier alpha value is -1.66. The van der Waals surface area contributed by atoms with Gasteiger partial charge >= 0.3 is 0 Å². The number of phenols is 1. The highest BCUT2D eigenvalue weighted by atomic mass is 35.5. The number of aliphatic hydroxyl groups excluding tert-OH is 1. The Morgan fingerprint density at radius 1 is 1.05 bits per heavy atom. The SMILES string of the molecule is C#CC(O)c1cc(Cl)c(-c2ccc(O)cc2)c(Cl)c1. The lowest BCUT2D eigenvalue weighted by Gasteiger charge is -2.11. The van der Waals surface area contributed by atoms with Gasteiger partial charge in [0, 0.05) is 5.56 Å². The lowest BCUT2D eigenvalue weighted by molar-refractivity contribution is 0.238. The number of hydrogen-bond donors (Lipinski definition) is 2. The first-order valence-corrected chi connectivity index (χ1v) is 6.21. The number of halogens is 2. The Balaban J connectivity index is 2.54. The van der Waals surface area contributed by atoms with Crippen molar-refractivity contribution in [3.63, 3.8) is 0 Å². The van der Waals surface area contributed by atoms with Crippen LogP contribution in [0.4, 0.5) is 0 Å². The van der Waals surface area contributed by atoms with Crippen LogP contribution in [0.25, 0.3) is 11.1 Å². The van der Waals surface area contributed by atoms with E-state index in [9.17, 15) is 10.2 Å². The molecule has 0 saturated heterocycles. The lowest BCUT2D eigenvalue weighted by Crippen LogP contribution is -1.94. The largest absolute Gasteiger partial charge is 0.508 e. The molecule has 0 fully saturated rings. The first kappa shape index (κ1) is 13.8. The molecule has 0 spiro atoms. The van der Waals surface area contributed by atoms with Crippen LogP contribution in [0, 0.1) is 12.3 Å². The number of aromatic hydroxyl groups is 1. The number of terminal acetylenes is 1. The van der Waals surface area contributed by atoms with E-state index in [4.69, 9.17) is 29.6 Å². The summed E-state index contributed by atoms with van der Waals surface area (Å²) in [7, 11) is 0. The molecule has 0 heterocycles. The van der Waals surface area contributed by atoms with Crippen molar-refractivity contribution >= 4 is 23.2 Å². The minimum Gasteiger partial charge on any atom is -0.508 e. The predicted molar refractivity (Wildman–Crippen MR) is 77.4 cm³/mol. The van der Waals surface area contributed by atoms with Gasteiger partial charge in [-0.25, -0.2) is 0 Å². The van der Waals surface area contributed by atoms with Crippen LogP contribution in [0.15, 0.2) is 36.4 Å². The summed E-state index contributed by atoms with van der Waals surface area (Å²) in [6.07, 6.45) is 4.12. The van der Waals surface area contributed by atoms with Gasteiger partial charge in [-0.3, -0.25) is 0 Å². The first-order valence-electron chi connectivity index (χ1n) is 5.45. The van der Waals surface area contributed by atoms with E-state index in [1.165, 1.54) is 0 Å². The van der Waals surface area contributed by atoms with Crippen LogP contribution in [0.3, 0.4) is 0 Å². The zero-order valence-electron chi connectivity index (χ0n) is 9.77. The molecule has 2 rings (SSSR count). The van der Waals surface area contributed by atoms with Crippen molar-refractivity contribution in [3.8, 4) is 29.2 Å². The van der Waals surface area contributed by atoms with Gasteiger partial charge in [0.1, 0.15) is 11.9 Å². The summed E-state index contributed by atoms with van der Waals surface area (Å²) in [4.78, 5) is 0. The highest BCUT2D eigenvalue weighted by Gasteiger charge is 2.13. The molecule has 96 valence electrons. The molecule has 0 aliphatic rings. The van der Waals surface area contributed by atoms with Crippen molar-refractivity contribution in [1.82, 2.24) is 0 Å². The van der Waals surface area contributed by atoms with Crippen LogP contribution >= 0.6 is 23.2 Å². The molecule has 0 radical (unpaired) electrons. The maximum Gasteiger partial charge on any atom is 0.140 e. The fraction of sp³-hybridized carbons (Fsp3) is 0.0667. The smallest absolute Gasteiger partial charge is 0.140 e. The number of aliphatic hydroxyl groups is 1. The van der Waals surface area contributed by atoms with Crippen molar-refractivity contribution in [2.24, 2.45) is 0 Å². The van der Waals surface area contributed by atoms with Gasteiger partial charge in [-0.1, -0.05) is 41.3 Å². The molecule has 0 saturated carbocycles. The number of rotatable bonds is 2. The van der Waals surface area contributed by atoms with Gasteiger partial charge in [0.15, 0.2) is 0 Å². The van der Waals surface area contributed by atoms with Gasteiger partial charge in [0.05, 0.1) is 10.0 Å². The van der Waals surface area contributed by atoms with E-state index in [1.54, 1.807) is 36.4 Å². The minimum atomic E-state index is -1.04. The van der Waals surface area contributed by atoms with Gasteiger partial charge < -0.3 is 10.2 Å². The second kappa shape index (κ2) is 5.54. The van der Waals surface area contributed by atoms with E-state index in [2.05, 4.69) is 5.92 Å². The Morgan fingerprint density at radius 3 is 2.05 bits per heavy atom. The highest BCUT2D eigenvalue weighted by Crippen LogP contribution is 2.37. The van der Waals surface area contributed by atoms with E-state index >= 15 is 0 Å². The molecule has 19 heavy (non-hydrogen) atoms. The predicted octanol–water partition coefficient (Wildman–Crippen LogP) is 4.03. The van der Waals surface area contributed by atoms with Crippen molar-refractivity contribution < 1.29 is 10.2 Å². The third-order valence-corrected chi connectivity index (χ3v) is 3.29. The normalized spacial score (nSPS) is 11.9. The quantitative estimate of drug-likeness (QED) is 0.821. The summed E-state index contributed by atoms with van der Waals surface area (Å²) in [6.45, 7) is 0. The van der Waals surface area contributed by atoms with E-state index in [-0.39, 0.29) is 5.75 Å². The van der Waals surface area contributed by atoms with Crippen LogP contribution in [0.5, 0.6) is 5.75 Å². The molecule has 0 aliphatic carbocycles. The van der Waals surface area contributed by atoms with E-state index in [1.807, 2.05) is 0 Å². The summed E-state index contributed by atoms with van der Waals surface area (Å²) in [5, 5.41) is 19.6. The van der Waals surface area contributed by atoms with Crippen molar-refractivity contribution in [3.05, 3.63) is 52.0 Å². The topological polar surface area (TPSA) is 40.5 Å². The minimum absolute atomic E-state index is 0.162. The summed E-state index contributed by atoms with van der Waals surface area (Å²) in [5.74, 6) is 2.37. The molecular weight excluding hydrogens is 283 g/mol. The molecule has 0 aromatic heterocycles. The maximum atomic E-state index is 9.59. The van der Waals surface area contributed by atoms with Gasteiger partial charge in [-0.15, -0.1) is 6.42 Å². The van der Waals surface area contributed by atoms with E-state index in [0.717, 1.165) is 5.56 Å². The highest BCUT2D eigenvalue weighted by molar-refractivity contribution is 6.39. The van der Waals surface area contributed by atoms with Gasteiger partial charge in [-0.2, -0.15) is 0 Å². The number of hydrogen-bond acceptors (Lipinski definition) is 2. The van der Waals surface area contributed by atoms with Crippen molar-refractivity contribution in [2.75, 3.05) is 0 Å². The molecule has 1 atom stereocenters. The first-order chi connectivity index (χ1) is 9.02. The molecule has 4 heteroatoms. The Labute approximate surface area is 121 Å². The average molecular weight is 293 g/mol. The van der Waals surface area contributed by atoms with Crippen molar-refractivity contribution in [2.45, 2.75) is 6.10 Å². The van der Waals surface area contributed by atoms with Gasteiger partial charge in [0.25, 0.3) is 0 Å². The summed E-state index contributed by atoms with van der Waals surface area (Å²) < 4.78 is 0. The molecule has 0 amide bonds. The van der Waals surface area contributed by atoms with Gasteiger partial charge in [0.2, 0.25) is 0 Å². The fourth-order valence-electron chi connectivity index (χ4n) is 1.75. The van der Waals surface area contributed by atoms with Gasteiger partial charge in [-0.05, 0) is 35.4 Å². The zero-order chi connectivity index (χ0) is 14.0. The van der Waals surface area contributed by atoms with Crippen LogP contribution in [-0.4, -0.2) is 10.2 Å². The third-order valence-electron chi connectivity index (χ3n) is 2.69. The molecular formula is C15H10Cl2O2. The van der Waals surface area contributed by atoms with E-state index in [0.29, 0.717) is 21.2 Å². The third kappa shape index (κ3) is 2.85. The zero-order valence-corrected chi connectivity index (χ0v) is 11.3. The Bertz CT molecular complexity index is 619. The van der Waals surface area contributed by atoms with Crippen LogP contribution < -0.4 is 0 Å². The van der Waals surface area contributed by atoms with Crippen LogP contribution in [-0.2, 0) is 0 Å². The molecule has 1 unspecified atom stereocenters. The van der Waals surface area contributed by atoms with E-state index < -0.39 is 6.10 Å². The number of benzene rings is 2. The lowest BCUT2D eigenvalue weighted by atomic mass is 10.0. The molecule has 2 nitrogen and oxygen atoms in total. The average Bonchev–Trinajstić information content (AvgIpc) is 2.39. The van der Waals surface area contributed by atoms with Crippen LogP contribution in [0.2, 0.25) is 10.0 Å². The van der Waals surface area contributed by atoms with Crippen LogP contribution in [0.1, 0.15) is 11.7 Å². The molecule has 0 aliphatic heterocycles. The second-order valence-corrected chi connectivity index (χ2v) is 4.79. The Kier molecular flexibility index (Phi) is 4.01. The summed E-state index contributed by atoms with van der Waals surface area (Å²) >= 11 is 12.4.